The lowest BCUT2D eigenvalue weighted by molar-refractivity contribution is 0.340. The molecule has 0 radical (unpaired) electrons. The quantitative estimate of drug-likeness (QED) is 0.791. The summed E-state index contributed by atoms with van der Waals surface area (Å²) in [7, 11) is 0. The molecule has 2 rings (SSSR count). The maximum absolute atomic E-state index is 5.86. The molecule has 18 heavy (non-hydrogen) atoms. The molecule has 3 nitrogen and oxygen atoms in total. The van der Waals surface area contributed by atoms with Crippen LogP contribution in [0, 0.1) is 6.92 Å². The highest BCUT2D eigenvalue weighted by Gasteiger charge is 2.10. The minimum Gasteiger partial charge on any atom is -0.494 e. The summed E-state index contributed by atoms with van der Waals surface area (Å²) >= 11 is 0. The molecule has 1 aromatic carbocycles. The summed E-state index contributed by atoms with van der Waals surface area (Å²) < 4.78 is 11.4. The summed E-state index contributed by atoms with van der Waals surface area (Å²) in [4.78, 5) is 0. The fraction of sp³-hybridized carbons (Fsp3) is 0.467. The first-order valence-corrected chi connectivity index (χ1v) is 6.61. The van der Waals surface area contributed by atoms with E-state index in [0.717, 1.165) is 42.0 Å². The predicted octanol–water partition coefficient (Wildman–Crippen LogP) is 3.64. The summed E-state index contributed by atoms with van der Waals surface area (Å²) in [6, 6.07) is 6.00. The van der Waals surface area contributed by atoms with Crippen LogP contribution in [-0.2, 0) is 6.54 Å². The van der Waals surface area contributed by atoms with E-state index in [1.807, 2.05) is 19.1 Å². The molecule has 0 aliphatic carbocycles. The molecule has 0 unspecified atom stereocenters. The van der Waals surface area contributed by atoms with Gasteiger partial charge in [0, 0.05) is 5.39 Å². The Morgan fingerprint density at radius 1 is 1.28 bits per heavy atom. The van der Waals surface area contributed by atoms with Crippen molar-refractivity contribution in [2.24, 2.45) is 0 Å². The minimum atomic E-state index is 0.688. The summed E-state index contributed by atoms with van der Waals surface area (Å²) in [5.41, 5.74) is 2.14. The van der Waals surface area contributed by atoms with Gasteiger partial charge in [-0.25, -0.2) is 0 Å². The van der Waals surface area contributed by atoms with Gasteiger partial charge in [0.2, 0.25) is 0 Å². The molecule has 0 saturated carbocycles. The molecular formula is C15H21NO2. The number of hydrogen-bond donors (Lipinski definition) is 1. The van der Waals surface area contributed by atoms with Crippen molar-refractivity contribution >= 4 is 11.0 Å². The largest absolute Gasteiger partial charge is 0.494 e. The second-order valence-electron chi connectivity index (χ2n) is 4.42. The summed E-state index contributed by atoms with van der Waals surface area (Å²) in [6.45, 7) is 8.75. The summed E-state index contributed by atoms with van der Waals surface area (Å²) in [6.07, 6.45) is 1.13. The number of hydrogen-bond acceptors (Lipinski definition) is 3. The number of nitrogens with one attached hydrogen (secondary N) is 1. The second-order valence-corrected chi connectivity index (χ2v) is 4.42. The Balaban J connectivity index is 2.25. The van der Waals surface area contributed by atoms with Gasteiger partial charge in [-0.3, -0.25) is 0 Å². The number of benzene rings is 1. The van der Waals surface area contributed by atoms with Crippen molar-refractivity contribution in [2.75, 3.05) is 13.2 Å². The van der Waals surface area contributed by atoms with E-state index in [9.17, 15) is 0 Å². The third kappa shape index (κ3) is 2.67. The molecule has 1 heterocycles. The number of ether oxygens (including phenoxy) is 1. The molecule has 0 aliphatic rings. The molecular weight excluding hydrogens is 226 g/mol. The lowest BCUT2D eigenvalue weighted by atomic mass is 10.1. The highest BCUT2D eigenvalue weighted by Crippen LogP contribution is 2.28. The van der Waals surface area contributed by atoms with E-state index in [1.54, 1.807) is 0 Å². The van der Waals surface area contributed by atoms with Crippen molar-refractivity contribution < 1.29 is 9.15 Å². The Morgan fingerprint density at radius 3 is 2.83 bits per heavy atom. The van der Waals surface area contributed by atoms with Crippen molar-refractivity contribution in [1.29, 1.82) is 0 Å². The fourth-order valence-electron chi connectivity index (χ4n) is 2.05. The molecule has 0 atom stereocenters. The molecule has 2 aromatic rings. The summed E-state index contributed by atoms with van der Waals surface area (Å²) in [5.74, 6) is 1.93. The molecule has 98 valence electrons. The van der Waals surface area contributed by atoms with Crippen LogP contribution in [0.3, 0.4) is 0 Å². The zero-order valence-electron chi connectivity index (χ0n) is 11.4. The van der Waals surface area contributed by atoms with Crippen molar-refractivity contribution in [2.45, 2.75) is 33.7 Å². The first-order valence-electron chi connectivity index (χ1n) is 6.61. The average molecular weight is 247 g/mol. The summed E-state index contributed by atoms with van der Waals surface area (Å²) in [5, 5.41) is 4.52. The Labute approximate surface area is 108 Å². The van der Waals surface area contributed by atoms with Gasteiger partial charge in [-0.2, -0.15) is 0 Å². The SMILES string of the molecule is CCCNCc1oc2ccc(OCC)cc2c1C. The van der Waals surface area contributed by atoms with Crippen molar-refractivity contribution in [3.8, 4) is 5.75 Å². The van der Waals surface area contributed by atoms with Gasteiger partial charge in [-0.1, -0.05) is 6.92 Å². The van der Waals surface area contributed by atoms with Crippen molar-refractivity contribution in [3.63, 3.8) is 0 Å². The molecule has 0 aliphatic heterocycles. The molecule has 0 amide bonds. The Bertz CT molecular complexity index is 516. The number of rotatable bonds is 6. The van der Waals surface area contributed by atoms with Gasteiger partial charge >= 0.3 is 0 Å². The maximum atomic E-state index is 5.86. The first kappa shape index (κ1) is 13.0. The predicted molar refractivity (Wildman–Crippen MR) is 74.1 cm³/mol. The van der Waals surface area contributed by atoms with E-state index in [4.69, 9.17) is 9.15 Å². The van der Waals surface area contributed by atoms with Crippen LogP contribution in [0.1, 0.15) is 31.6 Å². The zero-order valence-corrected chi connectivity index (χ0v) is 11.4. The standard InChI is InChI=1S/C15H21NO2/c1-4-8-16-10-15-11(3)13-9-12(17-5-2)6-7-14(13)18-15/h6-7,9,16H,4-5,8,10H2,1-3H3. The van der Waals surface area contributed by atoms with Gasteiger partial charge in [0.15, 0.2) is 0 Å². The van der Waals surface area contributed by atoms with Gasteiger partial charge in [-0.15, -0.1) is 0 Å². The van der Waals surface area contributed by atoms with Gasteiger partial charge in [0.1, 0.15) is 17.1 Å². The normalized spacial score (nSPS) is 11.1. The highest BCUT2D eigenvalue weighted by atomic mass is 16.5. The first-order chi connectivity index (χ1) is 8.76. The van der Waals surface area contributed by atoms with Crippen LogP contribution >= 0.6 is 0 Å². The third-order valence-corrected chi connectivity index (χ3v) is 3.03. The van der Waals surface area contributed by atoms with E-state index >= 15 is 0 Å². The van der Waals surface area contributed by atoms with Crippen molar-refractivity contribution in [1.82, 2.24) is 5.32 Å². The van der Waals surface area contributed by atoms with Crippen LogP contribution in [0.2, 0.25) is 0 Å². The van der Waals surface area contributed by atoms with E-state index in [0.29, 0.717) is 6.61 Å². The fourth-order valence-corrected chi connectivity index (χ4v) is 2.05. The highest BCUT2D eigenvalue weighted by molar-refractivity contribution is 5.83. The van der Waals surface area contributed by atoms with Gasteiger partial charge in [0.05, 0.1) is 13.2 Å². The second kappa shape index (κ2) is 5.91. The molecule has 0 fully saturated rings. The smallest absolute Gasteiger partial charge is 0.134 e. The van der Waals surface area contributed by atoms with Gasteiger partial charge in [0.25, 0.3) is 0 Å². The molecule has 0 saturated heterocycles. The third-order valence-electron chi connectivity index (χ3n) is 3.03. The molecule has 3 heteroatoms. The van der Waals surface area contributed by atoms with E-state index < -0.39 is 0 Å². The van der Waals surface area contributed by atoms with E-state index in [1.165, 1.54) is 5.56 Å². The Morgan fingerprint density at radius 2 is 2.11 bits per heavy atom. The lowest BCUT2D eigenvalue weighted by Gasteiger charge is -2.01. The minimum absolute atomic E-state index is 0.688. The molecule has 1 aromatic heterocycles. The molecule has 1 N–H and O–H groups in total. The topological polar surface area (TPSA) is 34.4 Å². The number of aryl methyl sites for hydroxylation is 1. The van der Waals surface area contributed by atoms with Crippen LogP contribution < -0.4 is 10.1 Å². The molecule has 0 bridgehead atoms. The lowest BCUT2D eigenvalue weighted by Crippen LogP contribution is -2.13. The molecule has 0 spiro atoms. The van der Waals surface area contributed by atoms with Crippen LogP contribution in [0.15, 0.2) is 22.6 Å². The maximum Gasteiger partial charge on any atom is 0.134 e. The average Bonchev–Trinajstić information content (AvgIpc) is 2.68. The van der Waals surface area contributed by atoms with Gasteiger partial charge < -0.3 is 14.5 Å². The van der Waals surface area contributed by atoms with Crippen LogP contribution in [-0.4, -0.2) is 13.2 Å². The monoisotopic (exact) mass is 247 g/mol. The van der Waals surface area contributed by atoms with Gasteiger partial charge in [-0.05, 0) is 50.6 Å². The zero-order chi connectivity index (χ0) is 13.0. The van der Waals surface area contributed by atoms with E-state index in [2.05, 4.69) is 25.2 Å². The number of fused-ring (bicyclic) bond motifs is 1. The Kier molecular flexibility index (Phi) is 4.26. The van der Waals surface area contributed by atoms with Crippen molar-refractivity contribution in [3.05, 3.63) is 29.5 Å². The Hall–Kier alpha value is -1.48. The van der Waals surface area contributed by atoms with E-state index in [-0.39, 0.29) is 0 Å². The van der Waals surface area contributed by atoms with Crippen LogP contribution in [0.5, 0.6) is 5.75 Å². The number of furan rings is 1. The van der Waals surface area contributed by atoms with Crippen LogP contribution in [0.4, 0.5) is 0 Å². The van der Waals surface area contributed by atoms with Crippen LogP contribution in [0.25, 0.3) is 11.0 Å².